The maximum atomic E-state index is 9.32. The number of aromatic nitrogens is 1. The van der Waals surface area contributed by atoms with Crippen molar-refractivity contribution in [2.75, 3.05) is 13.2 Å². The van der Waals surface area contributed by atoms with Gasteiger partial charge in [0, 0.05) is 36.9 Å². The average Bonchev–Trinajstić information content (AvgIpc) is 3.05. The second-order valence-corrected chi connectivity index (χ2v) is 6.46. The third-order valence-corrected chi connectivity index (χ3v) is 4.61. The Bertz CT molecular complexity index is 713. The van der Waals surface area contributed by atoms with Gasteiger partial charge in [0.2, 0.25) is 0 Å². The summed E-state index contributed by atoms with van der Waals surface area (Å²) in [6, 6.07) is 16.7. The zero-order valence-electron chi connectivity index (χ0n) is 12.9. The first-order chi connectivity index (χ1) is 11.3. The maximum absolute atomic E-state index is 9.32. The van der Waals surface area contributed by atoms with E-state index in [9.17, 15) is 5.11 Å². The summed E-state index contributed by atoms with van der Waals surface area (Å²) in [6.07, 6.45) is 3.67. The highest BCUT2D eigenvalue weighted by Gasteiger charge is 2.09. The van der Waals surface area contributed by atoms with E-state index < -0.39 is 0 Å². The van der Waals surface area contributed by atoms with Gasteiger partial charge in [-0.05, 0) is 34.2 Å². The maximum Gasteiger partial charge on any atom is 0.0558 e. The average molecular weight is 324 g/mol. The summed E-state index contributed by atoms with van der Waals surface area (Å²) >= 11 is 1.77. The van der Waals surface area contributed by atoms with Crippen LogP contribution in [0.4, 0.5) is 0 Å². The number of rotatable bonds is 7. The molecule has 0 radical (unpaired) electrons. The van der Waals surface area contributed by atoms with Crippen molar-refractivity contribution < 1.29 is 5.11 Å². The van der Waals surface area contributed by atoms with Crippen LogP contribution in [0.1, 0.15) is 10.4 Å². The van der Waals surface area contributed by atoms with E-state index in [4.69, 9.17) is 0 Å². The van der Waals surface area contributed by atoms with Crippen LogP contribution in [0.25, 0.3) is 11.1 Å². The van der Waals surface area contributed by atoms with Gasteiger partial charge >= 0.3 is 0 Å². The van der Waals surface area contributed by atoms with Gasteiger partial charge in [-0.15, -0.1) is 11.3 Å². The molecule has 0 saturated heterocycles. The van der Waals surface area contributed by atoms with E-state index in [2.05, 4.69) is 51.7 Å². The van der Waals surface area contributed by atoms with Gasteiger partial charge < -0.3 is 5.11 Å². The highest BCUT2D eigenvalue weighted by Crippen LogP contribution is 2.26. The van der Waals surface area contributed by atoms with Crippen molar-refractivity contribution in [3.63, 3.8) is 0 Å². The summed E-state index contributed by atoms with van der Waals surface area (Å²) in [5.74, 6) is 0. The Kier molecular flexibility index (Phi) is 5.53. The van der Waals surface area contributed by atoms with Crippen molar-refractivity contribution in [3.8, 4) is 11.1 Å². The summed E-state index contributed by atoms with van der Waals surface area (Å²) < 4.78 is 0. The van der Waals surface area contributed by atoms with Gasteiger partial charge in [-0.3, -0.25) is 9.88 Å². The predicted octanol–water partition coefficient (Wildman–Crippen LogP) is 3.80. The SMILES string of the molecule is OCCN(Cc1cccnc1)Cc1cc(-c2ccccc2)cs1. The lowest BCUT2D eigenvalue weighted by atomic mass is 10.1. The van der Waals surface area contributed by atoms with Gasteiger partial charge in [0.1, 0.15) is 0 Å². The van der Waals surface area contributed by atoms with Gasteiger partial charge in [0.25, 0.3) is 0 Å². The summed E-state index contributed by atoms with van der Waals surface area (Å²) in [6.45, 7) is 2.46. The van der Waals surface area contributed by atoms with E-state index in [1.54, 1.807) is 17.5 Å². The molecule has 3 aromatic rings. The fourth-order valence-electron chi connectivity index (χ4n) is 2.57. The molecule has 2 aromatic heterocycles. The van der Waals surface area contributed by atoms with Crippen LogP contribution in [-0.4, -0.2) is 28.1 Å². The lowest BCUT2D eigenvalue weighted by Crippen LogP contribution is -2.25. The van der Waals surface area contributed by atoms with E-state index in [1.165, 1.54) is 21.6 Å². The number of benzene rings is 1. The Labute approximate surface area is 140 Å². The molecule has 23 heavy (non-hydrogen) atoms. The van der Waals surface area contributed by atoms with Gasteiger partial charge in [-0.1, -0.05) is 36.4 Å². The number of pyridine rings is 1. The molecule has 0 unspecified atom stereocenters. The molecule has 118 valence electrons. The summed E-state index contributed by atoms with van der Waals surface area (Å²) in [5.41, 5.74) is 3.67. The van der Waals surface area contributed by atoms with Gasteiger partial charge in [-0.2, -0.15) is 0 Å². The first-order valence-corrected chi connectivity index (χ1v) is 8.58. The smallest absolute Gasteiger partial charge is 0.0558 e. The second kappa shape index (κ2) is 8.02. The minimum absolute atomic E-state index is 0.164. The van der Waals surface area contributed by atoms with Crippen LogP contribution in [0, 0.1) is 0 Å². The minimum Gasteiger partial charge on any atom is -0.395 e. The Hall–Kier alpha value is -2.01. The lowest BCUT2D eigenvalue weighted by Gasteiger charge is -2.20. The number of thiophene rings is 1. The number of aliphatic hydroxyl groups is 1. The second-order valence-electron chi connectivity index (χ2n) is 5.46. The molecule has 2 heterocycles. The third kappa shape index (κ3) is 4.48. The molecule has 0 amide bonds. The van der Waals surface area contributed by atoms with Crippen molar-refractivity contribution in [2.24, 2.45) is 0 Å². The summed E-state index contributed by atoms with van der Waals surface area (Å²) in [7, 11) is 0. The first kappa shape index (κ1) is 15.9. The quantitative estimate of drug-likeness (QED) is 0.718. The Morgan fingerprint density at radius 3 is 2.61 bits per heavy atom. The van der Waals surface area contributed by atoms with Crippen LogP contribution in [0.15, 0.2) is 66.3 Å². The molecule has 0 atom stereocenters. The van der Waals surface area contributed by atoms with Crippen LogP contribution in [0.2, 0.25) is 0 Å². The normalized spacial score (nSPS) is 11.0. The molecule has 4 heteroatoms. The number of hydrogen-bond acceptors (Lipinski definition) is 4. The summed E-state index contributed by atoms with van der Waals surface area (Å²) in [4.78, 5) is 7.72. The van der Waals surface area contributed by atoms with Crippen LogP contribution in [0.3, 0.4) is 0 Å². The monoisotopic (exact) mass is 324 g/mol. The molecule has 3 rings (SSSR count). The molecule has 0 saturated carbocycles. The molecule has 0 aliphatic heterocycles. The molecule has 0 bridgehead atoms. The highest BCUT2D eigenvalue weighted by atomic mass is 32.1. The van der Waals surface area contributed by atoms with Crippen molar-refractivity contribution >= 4 is 11.3 Å². The lowest BCUT2D eigenvalue weighted by molar-refractivity contribution is 0.185. The zero-order valence-corrected chi connectivity index (χ0v) is 13.7. The van der Waals surface area contributed by atoms with Crippen LogP contribution < -0.4 is 0 Å². The van der Waals surface area contributed by atoms with Gasteiger partial charge in [0.15, 0.2) is 0 Å². The fraction of sp³-hybridized carbons (Fsp3) is 0.211. The Morgan fingerprint density at radius 2 is 1.87 bits per heavy atom. The van der Waals surface area contributed by atoms with Crippen LogP contribution in [0.5, 0.6) is 0 Å². The largest absolute Gasteiger partial charge is 0.395 e. The molecular formula is C19H20N2OS. The van der Waals surface area contributed by atoms with Crippen molar-refractivity contribution in [2.45, 2.75) is 13.1 Å². The van der Waals surface area contributed by atoms with Crippen molar-refractivity contribution in [1.82, 2.24) is 9.88 Å². The van der Waals surface area contributed by atoms with Crippen LogP contribution >= 0.6 is 11.3 Å². The molecule has 0 fully saturated rings. The zero-order chi connectivity index (χ0) is 15.9. The molecule has 0 aliphatic rings. The molecule has 0 spiro atoms. The van der Waals surface area contributed by atoms with E-state index in [1.807, 2.05) is 18.3 Å². The molecule has 1 aromatic carbocycles. The Balaban J connectivity index is 1.69. The first-order valence-electron chi connectivity index (χ1n) is 7.70. The topological polar surface area (TPSA) is 36.4 Å². The van der Waals surface area contributed by atoms with Crippen LogP contribution in [-0.2, 0) is 13.1 Å². The molecule has 0 aliphatic carbocycles. The molecule has 3 nitrogen and oxygen atoms in total. The van der Waals surface area contributed by atoms with E-state index in [0.717, 1.165) is 13.1 Å². The third-order valence-electron chi connectivity index (χ3n) is 3.69. The van der Waals surface area contributed by atoms with E-state index in [-0.39, 0.29) is 6.61 Å². The van der Waals surface area contributed by atoms with E-state index in [0.29, 0.717) is 6.54 Å². The highest BCUT2D eigenvalue weighted by molar-refractivity contribution is 7.10. The van der Waals surface area contributed by atoms with Gasteiger partial charge in [-0.25, -0.2) is 0 Å². The number of nitrogens with zero attached hydrogens (tertiary/aromatic N) is 2. The Morgan fingerprint density at radius 1 is 1.00 bits per heavy atom. The van der Waals surface area contributed by atoms with Crippen molar-refractivity contribution in [3.05, 3.63) is 76.7 Å². The fourth-order valence-corrected chi connectivity index (χ4v) is 3.51. The number of aliphatic hydroxyl groups excluding tert-OH is 1. The van der Waals surface area contributed by atoms with E-state index >= 15 is 0 Å². The predicted molar refractivity (Wildman–Crippen MR) is 95.2 cm³/mol. The molecule has 1 N–H and O–H groups in total. The summed E-state index contributed by atoms with van der Waals surface area (Å²) in [5, 5.41) is 11.5. The standard InChI is InChI=1S/C19H20N2OS/c22-10-9-21(13-16-5-4-8-20-12-16)14-19-11-18(15-23-19)17-6-2-1-3-7-17/h1-8,11-12,15,22H,9-10,13-14H2. The minimum atomic E-state index is 0.164. The number of hydrogen-bond donors (Lipinski definition) is 1. The van der Waals surface area contributed by atoms with Crippen molar-refractivity contribution in [1.29, 1.82) is 0 Å². The van der Waals surface area contributed by atoms with Gasteiger partial charge in [0.05, 0.1) is 6.61 Å². The molecular weight excluding hydrogens is 304 g/mol.